The van der Waals surface area contributed by atoms with Crippen LogP contribution in [0.25, 0.3) is 0 Å². The highest BCUT2D eigenvalue weighted by Crippen LogP contribution is 2.41. The number of likely N-dealkylation sites (tertiary alicyclic amines) is 1. The lowest BCUT2D eigenvalue weighted by Crippen LogP contribution is -2.49. The number of carbonyl (C=O) groups is 1. The second-order valence-electron chi connectivity index (χ2n) is 5.22. The zero-order valence-corrected chi connectivity index (χ0v) is 12.6. The van der Waals surface area contributed by atoms with Crippen molar-refractivity contribution >= 4 is 29.0 Å². The van der Waals surface area contributed by atoms with E-state index in [0.717, 1.165) is 31.6 Å². The normalized spacial score (nSPS) is 27.1. The van der Waals surface area contributed by atoms with Crippen molar-refractivity contribution in [2.24, 2.45) is 5.73 Å². The van der Waals surface area contributed by atoms with E-state index in [9.17, 15) is 4.79 Å². The van der Waals surface area contributed by atoms with Crippen molar-refractivity contribution in [3.63, 3.8) is 0 Å². The SMILES string of the molecule is NCC1CCCCN1C(=O)C1SCCc2sccc21. The minimum Gasteiger partial charge on any atom is -0.337 e. The van der Waals surface area contributed by atoms with Crippen LogP contribution in [0.4, 0.5) is 0 Å². The molecule has 2 aliphatic heterocycles. The van der Waals surface area contributed by atoms with Crippen LogP contribution < -0.4 is 5.73 Å². The summed E-state index contributed by atoms with van der Waals surface area (Å²) in [5.41, 5.74) is 7.09. The fraction of sp³-hybridized carbons (Fsp3) is 0.643. The number of aryl methyl sites for hydroxylation is 1. The first-order chi connectivity index (χ1) is 9.31. The van der Waals surface area contributed by atoms with Gasteiger partial charge in [0.15, 0.2) is 0 Å². The molecule has 1 aromatic rings. The van der Waals surface area contributed by atoms with Gasteiger partial charge in [-0.1, -0.05) is 0 Å². The predicted molar refractivity (Wildman–Crippen MR) is 81.6 cm³/mol. The largest absolute Gasteiger partial charge is 0.337 e. The minimum atomic E-state index is 0.0159. The third-order valence-corrected chi connectivity index (χ3v) is 6.31. The highest BCUT2D eigenvalue weighted by Gasteiger charge is 2.34. The fourth-order valence-corrected chi connectivity index (χ4v) is 5.40. The molecule has 0 spiro atoms. The average Bonchev–Trinajstić information content (AvgIpc) is 2.94. The van der Waals surface area contributed by atoms with Crippen LogP contribution in [0, 0.1) is 0 Å². The molecule has 2 unspecified atom stereocenters. The standard InChI is InChI=1S/C14H20N2OS2/c15-9-10-3-1-2-6-16(10)14(17)13-11-4-7-18-12(11)5-8-19-13/h4,7,10,13H,1-3,5-6,8-9,15H2. The lowest BCUT2D eigenvalue weighted by Gasteiger charge is -2.38. The number of amides is 1. The molecule has 0 bridgehead atoms. The van der Waals surface area contributed by atoms with Crippen molar-refractivity contribution < 1.29 is 4.79 Å². The zero-order chi connectivity index (χ0) is 13.2. The van der Waals surface area contributed by atoms with E-state index in [0.29, 0.717) is 12.5 Å². The topological polar surface area (TPSA) is 46.3 Å². The first-order valence-electron chi connectivity index (χ1n) is 6.99. The second-order valence-corrected chi connectivity index (χ2v) is 7.43. The molecule has 3 heterocycles. The summed E-state index contributed by atoms with van der Waals surface area (Å²) in [5.74, 6) is 1.35. The minimum absolute atomic E-state index is 0.0159. The van der Waals surface area contributed by atoms with Gasteiger partial charge in [0.2, 0.25) is 5.91 Å². The van der Waals surface area contributed by atoms with Gasteiger partial charge in [-0.15, -0.1) is 23.1 Å². The lowest BCUT2D eigenvalue weighted by atomic mass is 10.0. The van der Waals surface area contributed by atoms with Crippen molar-refractivity contribution in [3.8, 4) is 0 Å². The molecular weight excluding hydrogens is 276 g/mol. The van der Waals surface area contributed by atoms with Gasteiger partial charge in [-0.2, -0.15) is 0 Å². The maximum atomic E-state index is 12.8. The summed E-state index contributed by atoms with van der Waals surface area (Å²) in [4.78, 5) is 16.3. The van der Waals surface area contributed by atoms with Crippen LogP contribution in [0.1, 0.15) is 35.0 Å². The summed E-state index contributed by atoms with van der Waals surface area (Å²) in [7, 11) is 0. The van der Waals surface area contributed by atoms with E-state index in [4.69, 9.17) is 5.73 Å². The van der Waals surface area contributed by atoms with Gasteiger partial charge in [0.1, 0.15) is 5.25 Å². The number of hydrogen-bond acceptors (Lipinski definition) is 4. The monoisotopic (exact) mass is 296 g/mol. The molecule has 1 saturated heterocycles. The number of hydrogen-bond donors (Lipinski definition) is 1. The zero-order valence-electron chi connectivity index (χ0n) is 11.0. The number of thiophene rings is 1. The summed E-state index contributed by atoms with van der Waals surface area (Å²) in [5, 5.41) is 2.13. The molecule has 1 fully saturated rings. The van der Waals surface area contributed by atoms with E-state index in [-0.39, 0.29) is 11.3 Å². The van der Waals surface area contributed by atoms with Crippen LogP contribution in [-0.4, -0.2) is 35.7 Å². The van der Waals surface area contributed by atoms with E-state index < -0.39 is 0 Å². The van der Waals surface area contributed by atoms with Crippen LogP contribution in [0.3, 0.4) is 0 Å². The first kappa shape index (κ1) is 13.5. The van der Waals surface area contributed by atoms with Crippen LogP contribution >= 0.6 is 23.1 Å². The Hall–Kier alpha value is -0.520. The van der Waals surface area contributed by atoms with Crippen molar-refractivity contribution in [2.75, 3.05) is 18.8 Å². The van der Waals surface area contributed by atoms with Crippen molar-refractivity contribution in [3.05, 3.63) is 21.9 Å². The molecule has 5 heteroatoms. The Morgan fingerprint density at radius 3 is 3.21 bits per heavy atom. The number of nitrogens with zero attached hydrogens (tertiary/aromatic N) is 1. The summed E-state index contributed by atoms with van der Waals surface area (Å²) >= 11 is 3.59. The van der Waals surface area contributed by atoms with E-state index >= 15 is 0 Å². The number of thioether (sulfide) groups is 1. The maximum absolute atomic E-state index is 12.8. The molecule has 2 aliphatic rings. The number of nitrogens with two attached hydrogens (primary N) is 1. The third kappa shape index (κ3) is 2.56. The van der Waals surface area contributed by atoms with E-state index in [1.54, 1.807) is 23.1 Å². The van der Waals surface area contributed by atoms with Gasteiger partial charge in [-0.25, -0.2) is 0 Å². The van der Waals surface area contributed by atoms with Gasteiger partial charge in [-0.3, -0.25) is 4.79 Å². The Morgan fingerprint density at radius 1 is 1.47 bits per heavy atom. The molecule has 2 atom stereocenters. The van der Waals surface area contributed by atoms with Gasteiger partial charge in [0, 0.05) is 24.0 Å². The van der Waals surface area contributed by atoms with Crippen molar-refractivity contribution in [1.29, 1.82) is 0 Å². The van der Waals surface area contributed by atoms with Crippen molar-refractivity contribution in [1.82, 2.24) is 4.90 Å². The van der Waals surface area contributed by atoms with Gasteiger partial charge >= 0.3 is 0 Å². The predicted octanol–water partition coefficient (Wildman–Crippen LogP) is 2.42. The molecule has 104 valence electrons. The quantitative estimate of drug-likeness (QED) is 0.911. The Bertz CT molecular complexity index is 460. The second kappa shape index (κ2) is 5.85. The molecule has 3 nitrogen and oxygen atoms in total. The Balaban J connectivity index is 1.81. The lowest BCUT2D eigenvalue weighted by molar-refractivity contribution is -0.134. The number of piperidine rings is 1. The van der Waals surface area contributed by atoms with E-state index in [1.807, 2.05) is 4.90 Å². The molecule has 1 aromatic heterocycles. The van der Waals surface area contributed by atoms with Gasteiger partial charge in [0.25, 0.3) is 0 Å². The van der Waals surface area contributed by atoms with Crippen LogP contribution in [0.2, 0.25) is 0 Å². The highest BCUT2D eigenvalue weighted by molar-refractivity contribution is 8.00. The molecule has 19 heavy (non-hydrogen) atoms. The van der Waals surface area contributed by atoms with E-state index in [2.05, 4.69) is 11.4 Å². The summed E-state index contributed by atoms with van der Waals surface area (Å²) in [6.07, 6.45) is 4.50. The van der Waals surface area contributed by atoms with Crippen LogP contribution in [0.15, 0.2) is 11.4 Å². The summed E-state index contributed by atoms with van der Waals surface area (Å²) in [6, 6.07) is 2.39. The molecule has 0 aromatic carbocycles. The van der Waals surface area contributed by atoms with Gasteiger partial charge in [-0.05, 0) is 48.4 Å². The molecule has 0 aliphatic carbocycles. The summed E-state index contributed by atoms with van der Waals surface area (Å²) < 4.78 is 0. The number of rotatable bonds is 2. The average molecular weight is 296 g/mol. The molecule has 3 rings (SSSR count). The molecule has 2 N–H and O–H groups in total. The molecule has 0 saturated carbocycles. The van der Waals surface area contributed by atoms with Crippen molar-refractivity contribution in [2.45, 2.75) is 37.0 Å². The summed E-state index contributed by atoms with van der Waals surface area (Å²) in [6.45, 7) is 1.48. The maximum Gasteiger partial charge on any atom is 0.240 e. The Kier molecular flexibility index (Phi) is 4.15. The Morgan fingerprint density at radius 2 is 2.37 bits per heavy atom. The fourth-order valence-electron chi connectivity index (χ4n) is 3.04. The van der Waals surface area contributed by atoms with Crippen LogP contribution in [-0.2, 0) is 11.2 Å². The number of carbonyl (C=O) groups excluding carboxylic acids is 1. The molecular formula is C14H20N2OS2. The third-order valence-electron chi connectivity index (χ3n) is 4.08. The van der Waals surface area contributed by atoms with Crippen LogP contribution in [0.5, 0.6) is 0 Å². The molecule has 1 amide bonds. The highest BCUT2D eigenvalue weighted by atomic mass is 32.2. The smallest absolute Gasteiger partial charge is 0.240 e. The van der Waals surface area contributed by atoms with Gasteiger partial charge in [0.05, 0.1) is 0 Å². The number of fused-ring (bicyclic) bond motifs is 1. The Labute approximate surface area is 122 Å². The van der Waals surface area contributed by atoms with Gasteiger partial charge < -0.3 is 10.6 Å². The molecule has 0 radical (unpaired) electrons. The first-order valence-corrected chi connectivity index (χ1v) is 8.92. The van der Waals surface area contributed by atoms with E-state index in [1.165, 1.54) is 16.9 Å².